The normalized spacial score (nSPS) is 8.59. The third-order valence-electron chi connectivity index (χ3n) is 1.62. The number of benzene rings is 2. The van der Waals surface area contributed by atoms with Gasteiger partial charge in [0.1, 0.15) is 11.5 Å². The molecule has 17 heavy (non-hydrogen) atoms. The SMILES string of the molecule is Oc1cccc(Cl)c1.Oc1cccc(Cl)c1.[Cr]. The maximum absolute atomic E-state index is 8.73. The Labute approximate surface area is 121 Å². The summed E-state index contributed by atoms with van der Waals surface area (Å²) in [5, 5.41) is 18.6. The standard InChI is InChI=1S/2C6H5ClO.Cr/c2*7-5-2-1-3-6(8)4-5;/h2*1-4,8H;. The molecule has 0 bridgehead atoms. The quantitative estimate of drug-likeness (QED) is 0.769. The molecule has 0 fully saturated rings. The van der Waals surface area contributed by atoms with Gasteiger partial charge >= 0.3 is 0 Å². The van der Waals surface area contributed by atoms with E-state index in [1.807, 2.05) is 0 Å². The van der Waals surface area contributed by atoms with E-state index >= 15 is 0 Å². The molecule has 0 aliphatic heterocycles. The molecule has 0 saturated carbocycles. The zero-order valence-corrected chi connectivity index (χ0v) is 11.5. The average molecular weight is 309 g/mol. The van der Waals surface area contributed by atoms with Crippen LogP contribution in [-0.2, 0) is 17.4 Å². The van der Waals surface area contributed by atoms with Gasteiger partial charge in [0.25, 0.3) is 0 Å². The van der Waals surface area contributed by atoms with Crippen LogP contribution in [-0.4, -0.2) is 10.2 Å². The Bertz CT molecular complexity index is 386. The minimum absolute atomic E-state index is 0. The molecule has 5 heteroatoms. The van der Waals surface area contributed by atoms with E-state index in [2.05, 4.69) is 0 Å². The summed E-state index contributed by atoms with van der Waals surface area (Å²) < 4.78 is 0. The molecule has 0 atom stereocenters. The smallest absolute Gasteiger partial charge is 0.117 e. The van der Waals surface area contributed by atoms with Crippen molar-refractivity contribution in [2.24, 2.45) is 0 Å². The average Bonchev–Trinajstić information content (AvgIpc) is 2.17. The van der Waals surface area contributed by atoms with E-state index in [0.29, 0.717) is 10.0 Å². The number of hydrogen-bond donors (Lipinski definition) is 2. The summed E-state index contributed by atoms with van der Waals surface area (Å²) in [5.41, 5.74) is 0. The zero-order chi connectivity index (χ0) is 12.0. The van der Waals surface area contributed by atoms with E-state index in [0.717, 1.165) is 0 Å². The van der Waals surface area contributed by atoms with E-state index in [-0.39, 0.29) is 28.9 Å². The predicted octanol–water partition coefficient (Wildman–Crippen LogP) is 4.09. The summed E-state index contributed by atoms with van der Waals surface area (Å²) in [5.74, 6) is 0.412. The predicted molar refractivity (Wildman–Crippen MR) is 66.2 cm³/mol. The van der Waals surface area contributed by atoms with Crippen molar-refractivity contribution in [3.8, 4) is 11.5 Å². The van der Waals surface area contributed by atoms with Crippen LogP contribution in [0, 0.1) is 0 Å². The van der Waals surface area contributed by atoms with Crippen molar-refractivity contribution in [3.63, 3.8) is 0 Å². The van der Waals surface area contributed by atoms with Crippen molar-refractivity contribution in [2.75, 3.05) is 0 Å². The van der Waals surface area contributed by atoms with E-state index < -0.39 is 0 Å². The topological polar surface area (TPSA) is 40.5 Å². The molecule has 0 spiro atoms. The molecule has 0 radical (unpaired) electrons. The zero-order valence-electron chi connectivity index (χ0n) is 8.68. The molecule has 2 rings (SSSR count). The summed E-state index contributed by atoms with van der Waals surface area (Å²) in [4.78, 5) is 0. The Hall–Kier alpha value is -0.848. The van der Waals surface area contributed by atoms with Gasteiger partial charge in [0.15, 0.2) is 0 Å². The van der Waals surface area contributed by atoms with Crippen molar-refractivity contribution in [1.82, 2.24) is 0 Å². The summed E-state index contributed by atoms with van der Waals surface area (Å²) in [6, 6.07) is 12.9. The van der Waals surface area contributed by atoms with Crippen LogP contribution in [0.2, 0.25) is 10.0 Å². The van der Waals surface area contributed by atoms with Crippen LogP contribution in [0.15, 0.2) is 48.5 Å². The van der Waals surface area contributed by atoms with Gasteiger partial charge in [0, 0.05) is 27.4 Å². The Morgan fingerprint density at radius 3 is 1.24 bits per heavy atom. The van der Waals surface area contributed by atoms with Gasteiger partial charge in [-0.25, -0.2) is 0 Å². The third-order valence-corrected chi connectivity index (χ3v) is 2.09. The molecule has 0 aliphatic rings. The van der Waals surface area contributed by atoms with Crippen molar-refractivity contribution in [2.45, 2.75) is 0 Å². The molecule has 0 heterocycles. The third kappa shape index (κ3) is 7.15. The minimum Gasteiger partial charge on any atom is -0.508 e. The van der Waals surface area contributed by atoms with Crippen molar-refractivity contribution >= 4 is 23.2 Å². The van der Waals surface area contributed by atoms with Gasteiger partial charge in [-0.2, -0.15) is 0 Å². The Kier molecular flexibility index (Phi) is 7.86. The summed E-state index contributed by atoms with van der Waals surface area (Å²) >= 11 is 11.0. The Morgan fingerprint density at radius 2 is 1.06 bits per heavy atom. The number of halogens is 2. The van der Waals surface area contributed by atoms with Gasteiger partial charge in [0.2, 0.25) is 0 Å². The maximum Gasteiger partial charge on any atom is 0.117 e. The molecule has 2 nitrogen and oxygen atoms in total. The summed E-state index contributed by atoms with van der Waals surface area (Å²) in [6.45, 7) is 0. The molecule has 2 aromatic rings. The van der Waals surface area contributed by atoms with Crippen LogP contribution in [0.4, 0.5) is 0 Å². The molecule has 0 aliphatic carbocycles. The van der Waals surface area contributed by atoms with Crippen molar-refractivity contribution in [1.29, 1.82) is 0 Å². The monoisotopic (exact) mass is 308 g/mol. The maximum atomic E-state index is 8.73. The first kappa shape index (κ1) is 16.2. The molecule has 0 amide bonds. The first-order chi connectivity index (χ1) is 7.58. The Morgan fingerprint density at radius 1 is 0.706 bits per heavy atom. The fraction of sp³-hybridized carbons (Fsp3) is 0. The van der Waals surface area contributed by atoms with Gasteiger partial charge < -0.3 is 10.2 Å². The van der Waals surface area contributed by atoms with Gasteiger partial charge in [-0.15, -0.1) is 0 Å². The number of aromatic hydroxyl groups is 2. The number of hydrogen-bond acceptors (Lipinski definition) is 2. The molecular weight excluding hydrogens is 299 g/mol. The van der Waals surface area contributed by atoms with E-state index in [1.165, 1.54) is 12.1 Å². The summed E-state index contributed by atoms with van der Waals surface area (Å²) in [6.07, 6.45) is 0. The van der Waals surface area contributed by atoms with Gasteiger partial charge in [-0.05, 0) is 36.4 Å². The fourth-order valence-electron chi connectivity index (χ4n) is 0.952. The van der Waals surface area contributed by atoms with Crippen LogP contribution in [0.3, 0.4) is 0 Å². The first-order valence-electron chi connectivity index (χ1n) is 4.47. The number of rotatable bonds is 0. The second kappa shape index (κ2) is 8.27. The van der Waals surface area contributed by atoms with E-state index in [4.69, 9.17) is 33.4 Å². The number of phenols is 2. The molecule has 0 aromatic heterocycles. The fourth-order valence-corrected chi connectivity index (χ4v) is 1.32. The van der Waals surface area contributed by atoms with Crippen LogP contribution >= 0.6 is 23.2 Å². The van der Waals surface area contributed by atoms with Crippen LogP contribution < -0.4 is 0 Å². The van der Waals surface area contributed by atoms with E-state index in [9.17, 15) is 0 Å². The summed E-state index contributed by atoms with van der Waals surface area (Å²) in [7, 11) is 0. The van der Waals surface area contributed by atoms with Gasteiger partial charge in [-0.1, -0.05) is 35.3 Å². The largest absolute Gasteiger partial charge is 0.508 e. The molecule has 0 unspecified atom stereocenters. The van der Waals surface area contributed by atoms with Crippen LogP contribution in [0.5, 0.6) is 11.5 Å². The molecular formula is C12H10Cl2CrO2. The second-order valence-electron chi connectivity index (χ2n) is 2.96. The van der Waals surface area contributed by atoms with E-state index in [1.54, 1.807) is 36.4 Å². The van der Waals surface area contributed by atoms with Crippen LogP contribution in [0.25, 0.3) is 0 Å². The minimum atomic E-state index is 0. The Balaban J connectivity index is 0.000000284. The van der Waals surface area contributed by atoms with Crippen LogP contribution in [0.1, 0.15) is 0 Å². The molecule has 90 valence electrons. The number of phenolic OH excluding ortho intramolecular Hbond substituents is 2. The second-order valence-corrected chi connectivity index (χ2v) is 3.83. The van der Waals surface area contributed by atoms with Crippen molar-refractivity contribution in [3.05, 3.63) is 58.6 Å². The van der Waals surface area contributed by atoms with Gasteiger partial charge in [0.05, 0.1) is 0 Å². The first-order valence-corrected chi connectivity index (χ1v) is 5.22. The molecule has 2 aromatic carbocycles. The van der Waals surface area contributed by atoms with Gasteiger partial charge in [-0.3, -0.25) is 0 Å². The molecule has 2 N–H and O–H groups in total. The molecule has 0 saturated heterocycles. The van der Waals surface area contributed by atoms with Crippen molar-refractivity contribution < 1.29 is 27.6 Å².